The van der Waals surface area contributed by atoms with E-state index in [1.807, 2.05) is 0 Å². The molecule has 0 bridgehead atoms. The molecule has 0 amide bonds. The lowest BCUT2D eigenvalue weighted by Crippen LogP contribution is -1.96. The van der Waals surface area contributed by atoms with Gasteiger partial charge in [0.2, 0.25) is 0 Å². The van der Waals surface area contributed by atoms with Crippen molar-refractivity contribution in [1.29, 1.82) is 0 Å². The topological polar surface area (TPSA) is 66.4 Å². The molecule has 0 aliphatic carbocycles. The van der Waals surface area contributed by atoms with Crippen molar-refractivity contribution in [2.24, 2.45) is 0 Å². The number of rotatable bonds is 24. The summed E-state index contributed by atoms with van der Waals surface area (Å²) in [7, 11) is 0. The first kappa shape index (κ1) is 43.3. The summed E-state index contributed by atoms with van der Waals surface area (Å²) in [4.78, 5) is 15.6. The van der Waals surface area contributed by atoms with Gasteiger partial charge in [0.05, 0.1) is 33.9 Å². The summed E-state index contributed by atoms with van der Waals surface area (Å²) >= 11 is 5.05. The molecule has 0 aliphatic rings. The minimum atomic E-state index is 0.761. The molecule has 0 spiro atoms. The Labute approximate surface area is 367 Å². The number of hydrogen-bond acceptors (Lipinski definition) is 9. The van der Waals surface area contributed by atoms with E-state index in [-0.39, 0.29) is 0 Å². The zero-order valence-electron chi connectivity index (χ0n) is 35.3. The zero-order valence-corrected chi connectivity index (χ0v) is 37.7. The Morgan fingerprint density at radius 1 is 0.367 bits per heavy atom. The van der Waals surface area contributed by atoms with E-state index in [2.05, 4.69) is 130 Å². The number of ether oxygens (including phenoxy) is 3. The van der Waals surface area contributed by atoms with Gasteiger partial charge in [-0.3, -0.25) is 0 Å². The number of hydrogen-bond donors (Lipinski definition) is 0. The van der Waals surface area contributed by atoms with Crippen molar-refractivity contribution < 1.29 is 14.2 Å². The van der Waals surface area contributed by atoms with E-state index < -0.39 is 0 Å². The van der Waals surface area contributed by atoms with Gasteiger partial charge in [-0.2, -0.15) is 0 Å². The second kappa shape index (κ2) is 22.7. The fraction of sp³-hybridized carbons (Fsp3) is 0.353. The van der Waals surface area contributed by atoms with E-state index in [9.17, 15) is 0 Å². The Morgan fingerprint density at radius 2 is 0.650 bits per heavy atom. The molecule has 0 unspecified atom stereocenters. The molecule has 0 saturated heterocycles. The lowest BCUT2D eigenvalue weighted by Gasteiger charge is -2.05. The maximum Gasteiger partial charge on any atom is 0.119 e. The molecule has 0 atom stereocenters. The number of fused-ring (bicyclic) bond motifs is 6. The number of unbranched alkanes of at least 4 members (excludes halogenated alkanes) is 9. The molecule has 3 heterocycles. The van der Waals surface area contributed by atoms with Gasteiger partial charge in [0.25, 0.3) is 0 Å². The highest BCUT2D eigenvalue weighted by Crippen LogP contribution is 2.43. The highest BCUT2D eigenvalue weighted by molar-refractivity contribution is 7.26. The second-order valence-electron chi connectivity index (χ2n) is 15.1. The fourth-order valence-corrected chi connectivity index (χ4v) is 9.96. The maximum atomic E-state index is 5.97. The standard InChI is InChI=1S/C51H57N3O3S3/c1-4-7-10-13-34-55-40-25-16-37(17-26-40)22-31-43-52-46-49(58-43)47-51(60-44(53-47)32-23-38-18-27-41(28-19-38)56-35-14-11-8-5-2)48-50(46)59-45(54-48)33-24-39-20-29-42(30-21-39)57-36-15-12-9-6-3/h16-33H,4-15,34-36H2,1-3H3/b31-22+,32-23+,33-24+. The Balaban J connectivity index is 1.12. The Morgan fingerprint density at radius 3 is 0.917 bits per heavy atom. The highest BCUT2D eigenvalue weighted by atomic mass is 32.1. The smallest absolute Gasteiger partial charge is 0.119 e. The van der Waals surface area contributed by atoms with Crippen molar-refractivity contribution in [1.82, 2.24) is 15.0 Å². The summed E-state index contributed by atoms with van der Waals surface area (Å²) in [6.07, 6.45) is 27.1. The average Bonchev–Trinajstić information content (AvgIpc) is 4.02. The Kier molecular flexibility index (Phi) is 16.4. The number of thiazole rings is 3. The van der Waals surface area contributed by atoms with Crippen molar-refractivity contribution in [3.05, 3.63) is 105 Å². The summed E-state index contributed by atoms with van der Waals surface area (Å²) in [6.45, 7) is 8.97. The summed E-state index contributed by atoms with van der Waals surface area (Å²) in [5.74, 6) is 2.74. The number of nitrogens with zero attached hydrogens (tertiary/aromatic N) is 3. The average molecular weight is 856 g/mol. The van der Waals surface area contributed by atoms with Gasteiger partial charge >= 0.3 is 0 Å². The third kappa shape index (κ3) is 12.1. The first-order valence-electron chi connectivity index (χ1n) is 21.9. The van der Waals surface area contributed by atoms with E-state index in [1.165, 1.54) is 57.8 Å². The van der Waals surface area contributed by atoms with Gasteiger partial charge in [0, 0.05) is 0 Å². The number of benzene rings is 4. The quantitative estimate of drug-likeness (QED) is 0.0564. The van der Waals surface area contributed by atoms with Crippen LogP contribution >= 0.6 is 34.0 Å². The number of aromatic nitrogens is 3. The van der Waals surface area contributed by atoms with Crippen LogP contribution in [0.15, 0.2) is 72.8 Å². The molecular weight excluding hydrogens is 799 g/mol. The molecule has 7 aromatic rings. The minimum absolute atomic E-state index is 0.761. The van der Waals surface area contributed by atoms with Gasteiger partial charge in [0.15, 0.2) is 0 Å². The fourth-order valence-electron chi connectivity index (χ4n) is 6.85. The van der Waals surface area contributed by atoms with Gasteiger partial charge in [-0.05, 0) is 90.6 Å². The van der Waals surface area contributed by atoms with Crippen LogP contribution < -0.4 is 14.2 Å². The van der Waals surface area contributed by atoms with Crippen LogP contribution in [0.1, 0.15) is 130 Å². The SMILES string of the molecule is CCCCCCOc1ccc(/C=C/c2nc3c(s2)c2nc(/C=C/c4ccc(OCCCCCC)cc4)sc2c2nc(/C=C/c4ccc(OCCCCCC)cc4)sc32)cc1. The third-order valence-electron chi connectivity index (χ3n) is 10.3. The molecule has 312 valence electrons. The van der Waals surface area contributed by atoms with Gasteiger partial charge in [-0.1, -0.05) is 133 Å². The first-order valence-corrected chi connectivity index (χ1v) is 24.3. The molecule has 0 N–H and O–H groups in total. The summed E-state index contributed by atoms with van der Waals surface area (Å²) in [5.41, 5.74) is 6.18. The van der Waals surface area contributed by atoms with Crippen molar-refractivity contribution in [2.45, 2.75) is 97.8 Å². The Hall–Kier alpha value is -4.83. The lowest BCUT2D eigenvalue weighted by atomic mass is 10.2. The normalized spacial score (nSPS) is 12.1. The van der Waals surface area contributed by atoms with Crippen LogP contribution in [0.25, 0.3) is 67.1 Å². The van der Waals surface area contributed by atoms with Crippen LogP contribution in [-0.4, -0.2) is 34.8 Å². The molecule has 60 heavy (non-hydrogen) atoms. The maximum absolute atomic E-state index is 5.97. The summed E-state index contributed by atoms with van der Waals surface area (Å²) in [5, 5.41) is 2.81. The molecule has 3 aromatic heterocycles. The molecule has 9 heteroatoms. The van der Waals surface area contributed by atoms with Crippen molar-refractivity contribution in [3.8, 4) is 17.2 Å². The van der Waals surface area contributed by atoms with E-state index in [0.29, 0.717) is 0 Å². The van der Waals surface area contributed by atoms with Crippen LogP contribution in [0.5, 0.6) is 17.2 Å². The molecule has 0 radical (unpaired) electrons. The molecule has 0 aliphatic heterocycles. The van der Waals surface area contributed by atoms with Crippen LogP contribution in [0.4, 0.5) is 0 Å². The first-order chi connectivity index (χ1) is 29.6. The summed E-state index contributed by atoms with van der Waals surface area (Å²) < 4.78 is 21.2. The molecule has 6 nitrogen and oxygen atoms in total. The molecule has 7 rings (SSSR count). The lowest BCUT2D eigenvalue weighted by molar-refractivity contribution is 0.305. The van der Waals surface area contributed by atoms with Gasteiger partial charge in [0.1, 0.15) is 48.8 Å². The predicted molar refractivity (Wildman–Crippen MR) is 261 cm³/mol. The molecule has 0 saturated carbocycles. The van der Waals surface area contributed by atoms with Crippen molar-refractivity contribution in [3.63, 3.8) is 0 Å². The zero-order chi connectivity index (χ0) is 41.4. The van der Waals surface area contributed by atoms with Gasteiger partial charge in [-0.15, -0.1) is 34.0 Å². The van der Waals surface area contributed by atoms with E-state index in [1.54, 1.807) is 34.0 Å². The van der Waals surface area contributed by atoms with Crippen LogP contribution in [0, 0.1) is 0 Å². The van der Waals surface area contributed by atoms with Crippen LogP contribution in [-0.2, 0) is 0 Å². The van der Waals surface area contributed by atoms with Crippen molar-refractivity contribution in [2.75, 3.05) is 19.8 Å². The largest absolute Gasteiger partial charge is 0.494 e. The van der Waals surface area contributed by atoms with Crippen LogP contribution in [0.3, 0.4) is 0 Å². The highest BCUT2D eigenvalue weighted by Gasteiger charge is 2.20. The van der Waals surface area contributed by atoms with E-state index in [4.69, 9.17) is 29.2 Å². The molecule has 0 fully saturated rings. The predicted octanol–water partition coefficient (Wildman–Crippen LogP) is 15.9. The molecular formula is C51H57N3O3S3. The van der Waals surface area contributed by atoms with E-state index >= 15 is 0 Å². The third-order valence-corrected chi connectivity index (χ3v) is 13.4. The second-order valence-corrected chi connectivity index (χ2v) is 18.2. The van der Waals surface area contributed by atoms with Crippen LogP contribution in [0.2, 0.25) is 0 Å². The Bertz CT molecular complexity index is 2100. The monoisotopic (exact) mass is 855 g/mol. The van der Waals surface area contributed by atoms with Gasteiger partial charge < -0.3 is 14.2 Å². The minimum Gasteiger partial charge on any atom is -0.494 e. The summed E-state index contributed by atoms with van der Waals surface area (Å²) in [6, 6.07) is 24.9. The van der Waals surface area contributed by atoms with Crippen molar-refractivity contribution >= 4 is 101 Å². The molecule has 4 aromatic carbocycles. The van der Waals surface area contributed by atoms with E-state index in [0.717, 1.165) is 119 Å². The van der Waals surface area contributed by atoms with Gasteiger partial charge in [-0.25, -0.2) is 15.0 Å².